The summed E-state index contributed by atoms with van der Waals surface area (Å²) >= 11 is 3.22. The number of rotatable bonds is 5. The highest BCUT2D eigenvalue weighted by atomic mass is 32.1. The Morgan fingerprint density at radius 1 is 1.07 bits per heavy atom. The van der Waals surface area contributed by atoms with Crippen LogP contribution in [-0.4, -0.2) is 34.7 Å². The number of piperidine rings is 1. The number of likely N-dealkylation sites (tertiary alicyclic amines) is 1. The molecule has 1 fully saturated rings. The van der Waals surface area contributed by atoms with Gasteiger partial charge in [-0.1, -0.05) is 30.3 Å². The van der Waals surface area contributed by atoms with Gasteiger partial charge in [-0.25, -0.2) is 4.98 Å². The first kappa shape index (κ1) is 18.1. The summed E-state index contributed by atoms with van der Waals surface area (Å²) in [5.74, 6) is 0.311. The van der Waals surface area contributed by atoms with Crippen molar-refractivity contribution < 1.29 is 9.59 Å². The molecule has 0 aliphatic carbocycles. The van der Waals surface area contributed by atoms with Gasteiger partial charge >= 0.3 is 0 Å². The standard InChI is InChI=1S/C21H20N2O2S2/c24-19(12-18-14-27-21(22-18)17-8-11-26-13-17)23-9-6-16(7-10-23)20(25)15-4-2-1-3-5-15/h1-5,8,11,13-14,16H,6-7,9-10,12H2. The third-order valence-corrected chi connectivity index (χ3v) is 6.55. The Labute approximate surface area is 166 Å². The molecule has 1 saturated heterocycles. The van der Waals surface area contributed by atoms with Crippen LogP contribution in [0.25, 0.3) is 10.6 Å². The molecule has 1 aliphatic heterocycles. The molecule has 4 rings (SSSR count). The van der Waals surface area contributed by atoms with Crippen molar-refractivity contribution in [2.75, 3.05) is 13.1 Å². The minimum absolute atomic E-state index is 0.0147. The lowest BCUT2D eigenvalue weighted by molar-refractivity contribution is -0.131. The fourth-order valence-corrected chi connectivity index (χ4v) is 4.93. The molecule has 0 atom stereocenters. The number of amides is 1. The van der Waals surface area contributed by atoms with Gasteiger partial charge in [-0.2, -0.15) is 11.3 Å². The van der Waals surface area contributed by atoms with E-state index in [1.54, 1.807) is 22.7 Å². The number of thiazole rings is 1. The van der Waals surface area contributed by atoms with E-state index in [1.165, 1.54) is 0 Å². The number of aromatic nitrogens is 1. The van der Waals surface area contributed by atoms with E-state index in [2.05, 4.69) is 10.4 Å². The predicted molar refractivity (Wildman–Crippen MR) is 109 cm³/mol. The van der Waals surface area contributed by atoms with Gasteiger partial charge in [0.15, 0.2) is 5.78 Å². The first-order valence-corrected chi connectivity index (χ1v) is 10.9. The molecule has 0 spiro atoms. The monoisotopic (exact) mass is 396 g/mol. The maximum absolute atomic E-state index is 12.6. The molecule has 4 nitrogen and oxygen atoms in total. The predicted octanol–water partition coefficient (Wildman–Crippen LogP) is 4.54. The van der Waals surface area contributed by atoms with Gasteiger partial charge in [0.2, 0.25) is 5.91 Å². The van der Waals surface area contributed by atoms with E-state index in [4.69, 9.17) is 0 Å². The molecule has 0 radical (unpaired) electrons. The zero-order valence-electron chi connectivity index (χ0n) is 14.8. The van der Waals surface area contributed by atoms with E-state index in [-0.39, 0.29) is 17.6 Å². The van der Waals surface area contributed by atoms with E-state index in [0.717, 1.165) is 34.7 Å². The highest BCUT2D eigenvalue weighted by Gasteiger charge is 2.28. The van der Waals surface area contributed by atoms with Crippen molar-refractivity contribution in [1.82, 2.24) is 9.88 Å². The number of nitrogens with zero attached hydrogens (tertiary/aromatic N) is 2. The molecule has 1 amide bonds. The summed E-state index contributed by atoms with van der Waals surface area (Å²) in [6.45, 7) is 1.28. The summed E-state index contributed by atoms with van der Waals surface area (Å²) in [5.41, 5.74) is 2.71. The van der Waals surface area contributed by atoms with Gasteiger partial charge in [0, 0.05) is 40.9 Å². The van der Waals surface area contributed by atoms with Crippen LogP contribution in [0.5, 0.6) is 0 Å². The van der Waals surface area contributed by atoms with E-state index < -0.39 is 0 Å². The number of Topliss-reactive ketones (excluding diaryl/α,β-unsaturated/α-hetero) is 1. The van der Waals surface area contributed by atoms with Gasteiger partial charge in [-0.15, -0.1) is 11.3 Å². The zero-order valence-corrected chi connectivity index (χ0v) is 16.5. The molecule has 27 heavy (non-hydrogen) atoms. The normalized spacial score (nSPS) is 15.0. The maximum atomic E-state index is 12.6. The Morgan fingerprint density at radius 3 is 2.56 bits per heavy atom. The first-order chi connectivity index (χ1) is 13.2. The number of hydrogen-bond donors (Lipinski definition) is 0. The number of carbonyl (C=O) groups is 2. The van der Waals surface area contributed by atoms with Crippen LogP contribution in [0.15, 0.2) is 52.5 Å². The minimum Gasteiger partial charge on any atom is -0.342 e. The average molecular weight is 397 g/mol. The van der Waals surface area contributed by atoms with Crippen molar-refractivity contribution >= 4 is 34.4 Å². The molecule has 1 aliphatic rings. The fraction of sp³-hybridized carbons (Fsp3) is 0.286. The molecule has 138 valence electrons. The second-order valence-corrected chi connectivity index (χ2v) is 8.36. The van der Waals surface area contributed by atoms with Gasteiger partial charge in [0.25, 0.3) is 0 Å². The van der Waals surface area contributed by atoms with Gasteiger partial charge in [0.05, 0.1) is 12.1 Å². The van der Waals surface area contributed by atoms with Crippen molar-refractivity contribution in [3.63, 3.8) is 0 Å². The molecule has 3 aromatic rings. The third-order valence-electron chi connectivity index (χ3n) is 4.93. The van der Waals surface area contributed by atoms with Crippen LogP contribution in [0.1, 0.15) is 28.9 Å². The van der Waals surface area contributed by atoms with Crippen molar-refractivity contribution in [3.8, 4) is 10.6 Å². The van der Waals surface area contributed by atoms with E-state index in [1.807, 2.05) is 52.1 Å². The van der Waals surface area contributed by atoms with Gasteiger partial charge in [0.1, 0.15) is 5.01 Å². The van der Waals surface area contributed by atoms with Crippen LogP contribution in [0.2, 0.25) is 0 Å². The SMILES string of the molecule is O=C(c1ccccc1)C1CCN(C(=O)Cc2csc(-c3ccsc3)n2)CC1. The second-order valence-electron chi connectivity index (χ2n) is 6.72. The number of hydrogen-bond acceptors (Lipinski definition) is 5. The largest absolute Gasteiger partial charge is 0.342 e. The average Bonchev–Trinajstić information content (AvgIpc) is 3.40. The first-order valence-electron chi connectivity index (χ1n) is 9.05. The second kappa shape index (κ2) is 8.15. The van der Waals surface area contributed by atoms with Crippen LogP contribution in [0.3, 0.4) is 0 Å². The molecule has 0 saturated carbocycles. The fourth-order valence-electron chi connectivity index (χ4n) is 3.40. The smallest absolute Gasteiger partial charge is 0.228 e. The Balaban J connectivity index is 1.32. The maximum Gasteiger partial charge on any atom is 0.228 e. The Morgan fingerprint density at radius 2 is 1.85 bits per heavy atom. The molecular formula is C21H20N2O2S2. The van der Waals surface area contributed by atoms with Crippen LogP contribution < -0.4 is 0 Å². The van der Waals surface area contributed by atoms with Crippen molar-refractivity contribution in [2.24, 2.45) is 5.92 Å². The van der Waals surface area contributed by atoms with Crippen molar-refractivity contribution in [3.05, 3.63) is 63.8 Å². The summed E-state index contributed by atoms with van der Waals surface area (Å²) < 4.78 is 0. The molecule has 0 unspecified atom stereocenters. The molecule has 2 aromatic heterocycles. The van der Waals surface area contributed by atoms with E-state index in [9.17, 15) is 9.59 Å². The number of ketones is 1. The van der Waals surface area contributed by atoms with Gasteiger partial charge in [-0.05, 0) is 24.3 Å². The summed E-state index contributed by atoms with van der Waals surface area (Å²) in [7, 11) is 0. The van der Waals surface area contributed by atoms with Crippen molar-refractivity contribution in [1.29, 1.82) is 0 Å². The van der Waals surface area contributed by atoms with Crippen LogP contribution in [0, 0.1) is 5.92 Å². The highest BCUT2D eigenvalue weighted by molar-refractivity contribution is 7.14. The number of carbonyl (C=O) groups excluding carboxylic acids is 2. The molecule has 1 aromatic carbocycles. The van der Waals surface area contributed by atoms with Gasteiger partial charge < -0.3 is 4.90 Å². The molecular weight excluding hydrogens is 376 g/mol. The lowest BCUT2D eigenvalue weighted by Gasteiger charge is -2.31. The number of thiophene rings is 1. The van der Waals surface area contributed by atoms with E-state index in [0.29, 0.717) is 19.5 Å². The lowest BCUT2D eigenvalue weighted by atomic mass is 9.89. The van der Waals surface area contributed by atoms with Crippen LogP contribution >= 0.6 is 22.7 Å². The zero-order chi connectivity index (χ0) is 18.6. The molecule has 3 heterocycles. The molecule has 6 heteroatoms. The quantitative estimate of drug-likeness (QED) is 0.595. The summed E-state index contributed by atoms with van der Waals surface area (Å²) in [4.78, 5) is 31.7. The highest BCUT2D eigenvalue weighted by Crippen LogP contribution is 2.27. The van der Waals surface area contributed by atoms with Gasteiger partial charge in [-0.3, -0.25) is 9.59 Å². The van der Waals surface area contributed by atoms with Crippen molar-refractivity contribution in [2.45, 2.75) is 19.3 Å². The third kappa shape index (κ3) is 4.17. The summed E-state index contributed by atoms with van der Waals surface area (Å²) in [6, 6.07) is 11.5. The summed E-state index contributed by atoms with van der Waals surface area (Å²) in [6.07, 6.45) is 1.80. The van der Waals surface area contributed by atoms with Crippen LogP contribution in [-0.2, 0) is 11.2 Å². The lowest BCUT2D eigenvalue weighted by Crippen LogP contribution is -2.41. The Hall–Kier alpha value is -2.31. The number of benzene rings is 1. The molecule has 0 bridgehead atoms. The Kier molecular flexibility index (Phi) is 5.45. The van der Waals surface area contributed by atoms with E-state index >= 15 is 0 Å². The topological polar surface area (TPSA) is 50.3 Å². The minimum atomic E-state index is 0.0147. The molecule has 0 N–H and O–H groups in total. The summed E-state index contributed by atoms with van der Waals surface area (Å²) in [5, 5.41) is 7.03. The van der Waals surface area contributed by atoms with Crippen LogP contribution in [0.4, 0.5) is 0 Å². The Bertz CT molecular complexity index is 911.